The number of nitrogens with zero attached hydrogens (tertiary/aromatic N) is 1. The van der Waals surface area contributed by atoms with Crippen molar-refractivity contribution in [3.63, 3.8) is 0 Å². The van der Waals surface area contributed by atoms with Gasteiger partial charge < -0.3 is 4.74 Å². The van der Waals surface area contributed by atoms with Crippen LogP contribution in [0.5, 0.6) is 0 Å². The third kappa shape index (κ3) is 3.54. The molecule has 25 heavy (non-hydrogen) atoms. The Morgan fingerprint density at radius 3 is 2.40 bits per heavy atom. The SMILES string of the molecule is COC(=O)C(c1ccccc1C(F)(F)F)N1CCc2ccccc2C1. The number of ether oxygens (including phenoxy) is 1. The van der Waals surface area contributed by atoms with Crippen molar-refractivity contribution in [1.29, 1.82) is 0 Å². The van der Waals surface area contributed by atoms with Gasteiger partial charge in [0.25, 0.3) is 0 Å². The molecule has 0 aromatic heterocycles. The monoisotopic (exact) mass is 349 g/mol. The van der Waals surface area contributed by atoms with Crippen molar-refractivity contribution in [3.05, 3.63) is 70.8 Å². The van der Waals surface area contributed by atoms with E-state index >= 15 is 0 Å². The number of carbonyl (C=O) groups is 1. The van der Waals surface area contributed by atoms with Crippen LogP contribution in [-0.2, 0) is 28.7 Å². The highest BCUT2D eigenvalue weighted by molar-refractivity contribution is 5.78. The Morgan fingerprint density at radius 2 is 1.72 bits per heavy atom. The first kappa shape index (κ1) is 17.5. The van der Waals surface area contributed by atoms with Crippen LogP contribution in [0.1, 0.15) is 28.3 Å². The number of rotatable bonds is 3. The Bertz CT molecular complexity index is 773. The topological polar surface area (TPSA) is 29.5 Å². The molecular formula is C19H18F3NO2. The van der Waals surface area contributed by atoms with Crippen LogP contribution in [0.3, 0.4) is 0 Å². The lowest BCUT2D eigenvalue weighted by molar-refractivity contribution is -0.149. The number of hydrogen-bond acceptors (Lipinski definition) is 3. The van der Waals surface area contributed by atoms with Crippen molar-refractivity contribution in [3.8, 4) is 0 Å². The van der Waals surface area contributed by atoms with Gasteiger partial charge in [0.1, 0.15) is 6.04 Å². The van der Waals surface area contributed by atoms with Gasteiger partial charge in [0.15, 0.2) is 0 Å². The van der Waals surface area contributed by atoms with Gasteiger partial charge in [0.05, 0.1) is 12.7 Å². The number of alkyl halides is 3. The number of fused-ring (bicyclic) bond motifs is 1. The Morgan fingerprint density at radius 1 is 1.08 bits per heavy atom. The largest absolute Gasteiger partial charge is 0.468 e. The molecule has 1 heterocycles. The molecule has 2 aromatic rings. The van der Waals surface area contributed by atoms with Crippen LogP contribution < -0.4 is 0 Å². The molecular weight excluding hydrogens is 331 g/mol. The Kier molecular flexibility index (Phi) is 4.81. The highest BCUT2D eigenvalue weighted by Crippen LogP contribution is 2.38. The first-order valence-electron chi connectivity index (χ1n) is 7.96. The van der Waals surface area contributed by atoms with E-state index in [1.165, 1.54) is 25.3 Å². The normalized spacial score (nSPS) is 16.2. The zero-order valence-corrected chi connectivity index (χ0v) is 13.7. The molecule has 2 aromatic carbocycles. The van der Waals surface area contributed by atoms with Gasteiger partial charge in [-0.1, -0.05) is 42.5 Å². The van der Waals surface area contributed by atoms with Crippen LogP contribution in [-0.4, -0.2) is 24.5 Å². The molecule has 0 radical (unpaired) electrons. The number of methoxy groups -OCH3 is 1. The minimum atomic E-state index is -4.53. The van der Waals surface area contributed by atoms with Crippen LogP contribution in [0.4, 0.5) is 13.2 Å². The van der Waals surface area contributed by atoms with E-state index in [4.69, 9.17) is 4.74 Å². The van der Waals surface area contributed by atoms with Gasteiger partial charge in [0, 0.05) is 13.1 Å². The molecule has 1 aliphatic rings. The predicted octanol–water partition coefficient (Wildman–Crippen LogP) is 3.98. The van der Waals surface area contributed by atoms with Crippen LogP contribution >= 0.6 is 0 Å². The van der Waals surface area contributed by atoms with E-state index in [-0.39, 0.29) is 5.56 Å². The molecule has 3 rings (SSSR count). The molecule has 0 saturated carbocycles. The van der Waals surface area contributed by atoms with Crippen molar-refractivity contribution in [2.75, 3.05) is 13.7 Å². The average Bonchev–Trinajstić information content (AvgIpc) is 2.61. The van der Waals surface area contributed by atoms with Crippen molar-refractivity contribution < 1.29 is 22.7 Å². The lowest BCUT2D eigenvalue weighted by atomic mass is 9.94. The van der Waals surface area contributed by atoms with Crippen LogP contribution in [0.15, 0.2) is 48.5 Å². The van der Waals surface area contributed by atoms with Gasteiger partial charge in [-0.3, -0.25) is 4.90 Å². The lowest BCUT2D eigenvalue weighted by Gasteiger charge is -2.35. The van der Waals surface area contributed by atoms with E-state index in [1.807, 2.05) is 24.3 Å². The first-order chi connectivity index (χ1) is 11.9. The number of carbonyl (C=O) groups excluding carboxylic acids is 1. The molecule has 0 spiro atoms. The minimum Gasteiger partial charge on any atom is -0.468 e. The summed E-state index contributed by atoms with van der Waals surface area (Å²) in [4.78, 5) is 14.1. The van der Waals surface area contributed by atoms with Gasteiger partial charge in [-0.05, 0) is 29.2 Å². The van der Waals surface area contributed by atoms with E-state index < -0.39 is 23.8 Å². The summed E-state index contributed by atoms with van der Waals surface area (Å²) in [5.41, 5.74) is 1.31. The highest BCUT2D eigenvalue weighted by atomic mass is 19.4. The summed E-state index contributed by atoms with van der Waals surface area (Å²) in [5.74, 6) is -0.684. The summed E-state index contributed by atoms with van der Waals surface area (Å²) in [6.07, 6.45) is -3.85. The van der Waals surface area contributed by atoms with Crippen molar-refractivity contribution in [1.82, 2.24) is 4.90 Å². The fraction of sp³-hybridized carbons (Fsp3) is 0.316. The van der Waals surface area contributed by atoms with E-state index in [1.54, 1.807) is 4.90 Å². The summed E-state index contributed by atoms with van der Waals surface area (Å²) in [5, 5.41) is 0. The zero-order valence-electron chi connectivity index (χ0n) is 13.7. The average molecular weight is 349 g/mol. The van der Waals surface area contributed by atoms with Gasteiger partial charge in [0.2, 0.25) is 0 Å². The molecule has 0 bridgehead atoms. The molecule has 3 nitrogen and oxygen atoms in total. The first-order valence-corrected chi connectivity index (χ1v) is 7.96. The maximum Gasteiger partial charge on any atom is 0.416 e. The molecule has 0 saturated heterocycles. The number of hydrogen-bond donors (Lipinski definition) is 0. The maximum absolute atomic E-state index is 13.4. The van der Waals surface area contributed by atoms with Crippen LogP contribution in [0.2, 0.25) is 0 Å². The summed E-state index contributed by atoms with van der Waals surface area (Å²) < 4.78 is 45.1. The number of halogens is 3. The Balaban J connectivity index is 2.02. The Labute approximate surface area is 144 Å². The molecule has 132 valence electrons. The fourth-order valence-electron chi connectivity index (χ4n) is 3.32. The maximum atomic E-state index is 13.4. The third-order valence-corrected chi connectivity index (χ3v) is 4.51. The van der Waals surface area contributed by atoms with Gasteiger partial charge in [-0.2, -0.15) is 13.2 Å². The molecule has 0 amide bonds. The fourth-order valence-corrected chi connectivity index (χ4v) is 3.32. The predicted molar refractivity (Wildman–Crippen MR) is 86.8 cm³/mol. The van der Waals surface area contributed by atoms with Gasteiger partial charge in [-0.25, -0.2) is 4.79 Å². The molecule has 1 atom stereocenters. The van der Waals surface area contributed by atoms with Gasteiger partial charge in [-0.15, -0.1) is 0 Å². The Hall–Kier alpha value is -2.34. The van der Waals surface area contributed by atoms with Crippen LogP contribution in [0.25, 0.3) is 0 Å². The molecule has 1 aliphatic heterocycles. The van der Waals surface area contributed by atoms with E-state index in [0.717, 1.165) is 17.2 Å². The van der Waals surface area contributed by atoms with Gasteiger partial charge >= 0.3 is 12.1 Å². The van der Waals surface area contributed by atoms with Crippen molar-refractivity contribution in [2.45, 2.75) is 25.2 Å². The summed E-state index contributed by atoms with van der Waals surface area (Å²) in [7, 11) is 1.20. The van der Waals surface area contributed by atoms with E-state index in [0.29, 0.717) is 19.5 Å². The van der Waals surface area contributed by atoms with Crippen molar-refractivity contribution in [2.24, 2.45) is 0 Å². The molecule has 0 fully saturated rings. The number of benzene rings is 2. The summed E-state index contributed by atoms with van der Waals surface area (Å²) >= 11 is 0. The highest BCUT2D eigenvalue weighted by Gasteiger charge is 2.39. The molecule has 1 unspecified atom stereocenters. The zero-order chi connectivity index (χ0) is 18.0. The summed E-state index contributed by atoms with van der Waals surface area (Å²) in [6.45, 7) is 0.894. The minimum absolute atomic E-state index is 0.0683. The second-order valence-electron chi connectivity index (χ2n) is 6.00. The number of esters is 1. The van der Waals surface area contributed by atoms with E-state index in [9.17, 15) is 18.0 Å². The second-order valence-corrected chi connectivity index (χ2v) is 6.00. The van der Waals surface area contributed by atoms with Crippen molar-refractivity contribution >= 4 is 5.97 Å². The second kappa shape index (κ2) is 6.88. The lowest BCUT2D eigenvalue weighted by Crippen LogP contribution is -2.39. The molecule has 0 aliphatic carbocycles. The quantitative estimate of drug-likeness (QED) is 0.785. The standard InChI is InChI=1S/C19H18F3NO2/c1-25-18(24)17(15-8-4-5-9-16(15)19(20,21)22)23-11-10-13-6-2-3-7-14(13)12-23/h2-9,17H,10-12H2,1H3. The molecule has 6 heteroatoms. The smallest absolute Gasteiger partial charge is 0.416 e. The van der Waals surface area contributed by atoms with Crippen LogP contribution in [0, 0.1) is 0 Å². The third-order valence-electron chi connectivity index (χ3n) is 4.51. The van der Waals surface area contributed by atoms with E-state index in [2.05, 4.69) is 0 Å². The molecule has 0 N–H and O–H groups in total. The summed E-state index contributed by atoms with van der Waals surface area (Å²) in [6, 6.07) is 11.9.